The number of rotatable bonds is 3. The van der Waals surface area contributed by atoms with Crippen molar-refractivity contribution in [2.24, 2.45) is 0 Å². The maximum atomic E-state index is 12.3. The molecule has 6 heteroatoms. The molecule has 0 saturated heterocycles. The minimum Gasteiger partial charge on any atom is -0.495 e. The van der Waals surface area contributed by atoms with Gasteiger partial charge in [0.15, 0.2) is 0 Å². The number of halogens is 1. The van der Waals surface area contributed by atoms with Crippen LogP contribution >= 0.6 is 11.6 Å². The molecule has 1 aliphatic rings. The van der Waals surface area contributed by atoms with Crippen molar-refractivity contribution in [1.82, 2.24) is 9.55 Å². The number of aromatic nitrogens is 2. The Morgan fingerprint density at radius 3 is 2.81 bits per heavy atom. The summed E-state index contributed by atoms with van der Waals surface area (Å²) >= 11 is 6.08. The molecule has 1 N–H and O–H groups in total. The van der Waals surface area contributed by atoms with Gasteiger partial charge in [0.05, 0.1) is 24.8 Å². The molecule has 0 fully saturated rings. The van der Waals surface area contributed by atoms with Gasteiger partial charge >= 0.3 is 0 Å². The molecular weight excluding hydrogens is 350 g/mol. The zero-order chi connectivity index (χ0) is 18.3. The van der Waals surface area contributed by atoms with Crippen LogP contribution in [0, 0.1) is 6.92 Å². The third-order valence-electron chi connectivity index (χ3n) is 4.27. The highest BCUT2D eigenvalue weighted by Crippen LogP contribution is 2.35. The molecule has 0 bridgehead atoms. The van der Waals surface area contributed by atoms with Crippen molar-refractivity contribution in [3.8, 4) is 11.4 Å². The third-order valence-corrected chi connectivity index (χ3v) is 4.50. The van der Waals surface area contributed by atoms with E-state index in [0.717, 1.165) is 28.2 Å². The van der Waals surface area contributed by atoms with Gasteiger partial charge in [-0.25, -0.2) is 4.98 Å². The SMILES string of the molecule is COc1cc(/C=C2\C(=O)Nc3ccc(Cl)cc32)ccc1-n1cnc(C)c1. The van der Waals surface area contributed by atoms with Gasteiger partial charge in [-0.05, 0) is 48.9 Å². The lowest BCUT2D eigenvalue weighted by atomic mass is 10.0. The Kier molecular flexibility index (Phi) is 4.01. The summed E-state index contributed by atoms with van der Waals surface area (Å²) in [6.07, 6.45) is 5.51. The highest BCUT2D eigenvalue weighted by atomic mass is 35.5. The zero-order valence-electron chi connectivity index (χ0n) is 14.3. The van der Waals surface area contributed by atoms with E-state index in [2.05, 4.69) is 10.3 Å². The second kappa shape index (κ2) is 6.35. The number of ether oxygens (including phenoxy) is 1. The highest BCUT2D eigenvalue weighted by Gasteiger charge is 2.24. The molecule has 2 heterocycles. The number of nitrogens with one attached hydrogen (secondary N) is 1. The number of nitrogens with zero attached hydrogens (tertiary/aromatic N) is 2. The highest BCUT2D eigenvalue weighted by molar-refractivity contribution is 6.36. The number of amides is 1. The maximum Gasteiger partial charge on any atom is 0.256 e. The first-order chi connectivity index (χ1) is 12.5. The molecule has 130 valence electrons. The van der Waals surface area contributed by atoms with Crippen molar-refractivity contribution in [2.45, 2.75) is 6.92 Å². The number of anilines is 1. The van der Waals surface area contributed by atoms with Gasteiger partial charge in [-0.1, -0.05) is 17.7 Å². The van der Waals surface area contributed by atoms with E-state index < -0.39 is 0 Å². The first-order valence-corrected chi connectivity index (χ1v) is 8.45. The van der Waals surface area contributed by atoms with Gasteiger partial charge in [0, 0.05) is 28.0 Å². The zero-order valence-corrected chi connectivity index (χ0v) is 15.0. The molecule has 0 saturated carbocycles. The van der Waals surface area contributed by atoms with Crippen molar-refractivity contribution in [2.75, 3.05) is 12.4 Å². The van der Waals surface area contributed by atoms with Crippen LogP contribution in [0.4, 0.5) is 5.69 Å². The van der Waals surface area contributed by atoms with E-state index in [1.165, 1.54) is 0 Å². The van der Waals surface area contributed by atoms with Crippen LogP contribution in [0.2, 0.25) is 5.02 Å². The number of hydrogen-bond donors (Lipinski definition) is 1. The summed E-state index contributed by atoms with van der Waals surface area (Å²) in [6.45, 7) is 1.93. The Hall–Kier alpha value is -3.05. The van der Waals surface area contributed by atoms with Crippen LogP contribution in [0.3, 0.4) is 0 Å². The van der Waals surface area contributed by atoms with Gasteiger partial charge in [-0.15, -0.1) is 0 Å². The number of fused-ring (bicyclic) bond motifs is 1. The number of carbonyl (C=O) groups is 1. The van der Waals surface area contributed by atoms with E-state index in [0.29, 0.717) is 16.3 Å². The maximum absolute atomic E-state index is 12.3. The lowest BCUT2D eigenvalue weighted by Gasteiger charge is -2.10. The summed E-state index contributed by atoms with van der Waals surface area (Å²) in [5.74, 6) is 0.553. The van der Waals surface area contributed by atoms with Crippen LogP contribution in [0.15, 0.2) is 48.9 Å². The number of benzene rings is 2. The Morgan fingerprint density at radius 1 is 1.23 bits per heavy atom. The van der Waals surface area contributed by atoms with Crippen molar-refractivity contribution < 1.29 is 9.53 Å². The summed E-state index contributed by atoms with van der Waals surface area (Å²) in [5.41, 5.74) is 4.82. The normalized spacial score (nSPS) is 14.4. The van der Waals surface area contributed by atoms with Crippen molar-refractivity contribution >= 4 is 34.8 Å². The summed E-state index contributed by atoms with van der Waals surface area (Å²) in [5, 5.41) is 3.45. The molecule has 1 amide bonds. The lowest BCUT2D eigenvalue weighted by molar-refractivity contribution is -0.110. The van der Waals surface area contributed by atoms with E-state index in [4.69, 9.17) is 16.3 Å². The van der Waals surface area contributed by atoms with Gasteiger partial charge in [0.2, 0.25) is 0 Å². The molecule has 0 unspecified atom stereocenters. The van der Waals surface area contributed by atoms with Crippen molar-refractivity contribution in [1.29, 1.82) is 0 Å². The summed E-state index contributed by atoms with van der Waals surface area (Å²) in [7, 11) is 1.62. The van der Waals surface area contributed by atoms with E-state index in [1.807, 2.05) is 48.0 Å². The van der Waals surface area contributed by atoms with Crippen molar-refractivity contribution in [3.05, 3.63) is 70.8 Å². The van der Waals surface area contributed by atoms with Crippen LogP contribution < -0.4 is 10.1 Å². The third kappa shape index (κ3) is 2.86. The fourth-order valence-electron chi connectivity index (χ4n) is 3.02. The second-order valence-electron chi connectivity index (χ2n) is 6.06. The van der Waals surface area contributed by atoms with Crippen molar-refractivity contribution in [3.63, 3.8) is 0 Å². The lowest BCUT2D eigenvalue weighted by Crippen LogP contribution is -2.03. The predicted molar refractivity (Wildman–Crippen MR) is 103 cm³/mol. The van der Waals surface area contributed by atoms with E-state index in [9.17, 15) is 4.79 Å². The molecule has 26 heavy (non-hydrogen) atoms. The van der Waals surface area contributed by atoms with Crippen LogP contribution in [0.5, 0.6) is 5.75 Å². The van der Waals surface area contributed by atoms with E-state index in [1.54, 1.807) is 25.6 Å². The molecule has 1 aromatic heterocycles. The fourth-order valence-corrected chi connectivity index (χ4v) is 3.19. The first-order valence-electron chi connectivity index (χ1n) is 8.07. The minimum absolute atomic E-state index is 0.143. The van der Waals surface area contributed by atoms with Crippen LogP contribution in [0.25, 0.3) is 17.3 Å². The molecular formula is C20H16ClN3O2. The summed E-state index contributed by atoms with van der Waals surface area (Å²) in [4.78, 5) is 16.6. The number of aryl methyl sites for hydroxylation is 1. The van der Waals surface area contributed by atoms with Gasteiger partial charge in [-0.2, -0.15) is 0 Å². The Morgan fingerprint density at radius 2 is 2.08 bits per heavy atom. The van der Waals surface area contributed by atoms with Crippen LogP contribution in [0.1, 0.15) is 16.8 Å². The van der Waals surface area contributed by atoms with Gasteiger partial charge in [-0.3, -0.25) is 4.79 Å². The Bertz CT molecular complexity index is 1050. The molecule has 1 aliphatic heterocycles. The summed E-state index contributed by atoms with van der Waals surface area (Å²) < 4.78 is 7.44. The van der Waals surface area contributed by atoms with E-state index >= 15 is 0 Å². The molecule has 3 aromatic rings. The molecule has 0 spiro atoms. The van der Waals surface area contributed by atoms with Crippen LogP contribution in [-0.2, 0) is 4.79 Å². The summed E-state index contributed by atoms with van der Waals surface area (Å²) in [6, 6.07) is 11.1. The molecule has 0 radical (unpaired) electrons. The van der Waals surface area contributed by atoms with Gasteiger partial charge in [0.1, 0.15) is 5.75 Å². The monoisotopic (exact) mass is 365 g/mol. The van der Waals surface area contributed by atoms with Crippen LogP contribution in [-0.4, -0.2) is 22.6 Å². The minimum atomic E-state index is -0.143. The standard InChI is InChI=1S/C20H16ClN3O2/c1-12-10-24(11-22-12)18-6-3-13(8-19(18)26-2)7-16-15-9-14(21)4-5-17(15)23-20(16)25/h3-11H,1-2H3,(H,23,25)/b16-7-. The number of methoxy groups -OCH3 is 1. The molecule has 0 aliphatic carbocycles. The average molecular weight is 366 g/mol. The smallest absolute Gasteiger partial charge is 0.256 e. The molecule has 5 nitrogen and oxygen atoms in total. The molecule has 4 rings (SSSR count). The van der Waals surface area contributed by atoms with Gasteiger partial charge < -0.3 is 14.6 Å². The number of carbonyl (C=O) groups excluding carboxylic acids is 1. The van der Waals surface area contributed by atoms with Gasteiger partial charge in [0.25, 0.3) is 5.91 Å². The average Bonchev–Trinajstić information content (AvgIpc) is 3.19. The Balaban J connectivity index is 1.77. The Labute approximate surface area is 155 Å². The quantitative estimate of drug-likeness (QED) is 0.702. The predicted octanol–water partition coefficient (Wildman–Crippen LogP) is 4.34. The molecule has 2 aromatic carbocycles. The molecule has 0 atom stereocenters. The number of hydrogen-bond acceptors (Lipinski definition) is 3. The topological polar surface area (TPSA) is 56.1 Å². The largest absolute Gasteiger partial charge is 0.495 e. The van der Waals surface area contributed by atoms with E-state index in [-0.39, 0.29) is 5.91 Å². The fraction of sp³-hybridized carbons (Fsp3) is 0.100. The second-order valence-corrected chi connectivity index (χ2v) is 6.49. The number of imidazole rings is 1. The first kappa shape index (κ1) is 16.4.